The van der Waals surface area contributed by atoms with Crippen molar-refractivity contribution in [3.63, 3.8) is 0 Å². The lowest BCUT2D eigenvalue weighted by Gasteiger charge is -2.35. The van der Waals surface area contributed by atoms with E-state index < -0.39 is 0 Å². The minimum absolute atomic E-state index is 0.0712. The number of quaternary nitrogens is 1. The molecule has 1 aromatic rings. The number of rotatable bonds is 11. The fraction of sp³-hybridized carbons (Fsp3) is 0.667. The van der Waals surface area contributed by atoms with Crippen molar-refractivity contribution in [3.05, 3.63) is 35.9 Å². The zero-order chi connectivity index (χ0) is 18.0. The van der Waals surface area contributed by atoms with Gasteiger partial charge in [0.05, 0.1) is 38.7 Å². The van der Waals surface area contributed by atoms with Crippen molar-refractivity contribution >= 4 is 5.97 Å². The summed E-state index contributed by atoms with van der Waals surface area (Å²) >= 11 is 0. The number of ether oxygens (including phenoxy) is 1. The van der Waals surface area contributed by atoms with Gasteiger partial charge in [-0.05, 0) is 32.3 Å². The number of carbonyl (C=O) groups excluding carboxylic acids is 1. The van der Waals surface area contributed by atoms with Gasteiger partial charge in [0.15, 0.2) is 0 Å². The molecule has 136 valence electrons. The summed E-state index contributed by atoms with van der Waals surface area (Å²) < 4.78 is 6.76. The summed E-state index contributed by atoms with van der Waals surface area (Å²) in [5.74, 6) is 0.0637. The maximum Gasteiger partial charge on any atom is 0.313 e. The van der Waals surface area contributed by atoms with E-state index >= 15 is 0 Å². The lowest BCUT2D eigenvalue weighted by atomic mass is 9.86. The number of hydrogen-bond acceptors (Lipinski definition) is 2. The SMILES string of the molecule is CCC(C)C(C(=O)OCCC[N+](CC)(CC)CC)c1ccccc1. The van der Waals surface area contributed by atoms with E-state index in [9.17, 15) is 4.79 Å². The van der Waals surface area contributed by atoms with Gasteiger partial charge in [-0.25, -0.2) is 0 Å². The number of nitrogens with zero attached hydrogens (tertiary/aromatic N) is 1. The van der Waals surface area contributed by atoms with E-state index in [2.05, 4.69) is 34.6 Å². The quantitative estimate of drug-likeness (QED) is 0.335. The van der Waals surface area contributed by atoms with Gasteiger partial charge in [0.25, 0.3) is 0 Å². The lowest BCUT2D eigenvalue weighted by molar-refractivity contribution is -0.923. The number of hydrogen-bond donors (Lipinski definition) is 0. The predicted octanol–water partition coefficient (Wildman–Crippen LogP) is 4.63. The maximum absolute atomic E-state index is 12.6. The molecule has 0 saturated carbocycles. The van der Waals surface area contributed by atoms with Crippen LogP contribution >= 0.6 is 0 Å². The highest BCUT2D eigenvalue weighted by atomic mass is 16.5. The number of benzene rings is 1. The molecule has 1 aromatic carbocycles. The molecule has 0 amide bonds. The van der Waals surface area contributed by atoms with Crippen molar-refractivity contribution < 1.29 is 14.0 Å². The standard InChI is InChI=1S/C21H36NO2/c1-6-18(5)20(19-14-11-10-12-15-19)21(23)24-17-13-16-22(7-2,8-3)9-4/h10-12,14-15,18,20H,6-9,13,16-17H2,1-5H3/q+1. The maximum atomic E-state index is 12.6. The van der Waals surface area contributed by atoms with Crippen LogP contribution in [0.4, 0.5) is 0 Å². The highest BCUT2D eigenvalue weighted by Crippen LogP contribution is 2.28. The molecular formula is C21H36NO2+. The average Bonchev–Trinajstić information content (AvgIpc) is 2.63. The first-order valence-corrected chi connectivity index (χ1v) is 9.60. The van der Waals surface area contributed by atoms with Gasteiger partial charge in [-0.2, -0.15) is 0 Å². The summed E-state index contributed by atoms with van der Waals surface area (Å²) in [4.78, 5) is 12.6. The molecule has 0 aliphatic rings. The molecule has 3 nitrogen and oxygen atoms in total. The van der Waals surface area contributed by atoms with E-state index in [-0.39, 0.29) is 17.8 Å². The predicted molar refractivity (Wildman–Crippen MR) is 101 cm³/mol. The number of esters is 1. The third-order valence-electron chi connectivity index (χ3n) is 5.66. The van der Waals surface area contributed by atoms with Gasteiger partial charge in [0.1, 0.15) is 0 Å². The van der Waals surface area contributed by atoms with Crippen molar-refractivity contribution in [1.82, 2.24) is 0 Å². The van der Waals surface area contributed by atoms with Crippen LogP contribution in [-0.2, 0) is 9.53 Å². The summed E-state index contributed by atoms with van der Waals surface area (Å²) in [6.07, 6.45) is 1.90. The summed E-state index contributed by atoms with van der Waals surface area (Å²) in [5.41, 5.74) is 1.07. The largest absolute Gasteiger partial charge is 0.465 e. The van der Waals surface area contributed by atoms with Gasteiger partial charge in [-0.3, -0.25) is 4.79 Å². The molecule has 2 atom stereocenters. The molecule has 0 heterocycles. The topological polar surface area (TPSA) is 26.3 Å². The second kappa shape index (κ2) is 10.5. The fourth-order valence-corrected chi connectivity index (χ4v) is 3.40. The van der Waals surface area contributed by atoms with Crippen LogP contribution in [0.15, 0.2) is 30.3 Å². The zero-order valence-electron chi connectivity index (χ0n) is 16.3. The molecule has 1 rings (SSSR count). The Kier molecular flexibility index (Phi) is 9.05. The molecule has 0 bridgehead atoms. The monoisotopic (exact) mass is 334 g/mol. The summed E-state index contributed by atoms with van der Waals surface area (Å²) in [5, 5.41) is 0. The van der Waals surface area contributed by atoms with Crippen LogP contribution in [0.5, 0.6) is 0 Å². The lowest BCUT2D eigenvalue weighted by Crippen LogP contribution is -2.48. The van der Waals surface area contributed by atoms with Crippen LogP contribution in [0.25, 0.3) is 0 Å². The van der Waals surface area contributed by atoms with Gasteiger partial charge in [-0.1, -0.05) is 50.6 Å². The smallest absolute Gasteiger partial charge is 0.313 e. The van der Waals surface area contributed by atoms with E-state index in [1.54, 1.807) is 0 Å². The van der Waals surface area contributed by atoms with Crippen molar-refractivity contribution in [2.24, 2.45) is 5.92 Å². The molecular weight excluding hydrogens is 298 g/mol. The Morgan fingerprint density at radius 3 is 2.12 bits per heavy atom. The van der Waals surface area contributed by atoms with Crippen LogP contribution in [0, 0.1) is 5.92 Å². The first kappa shape index (κ1) is 20.7. The fourth-order valence-electron chi connectivity index (χ4n) is 3.40. The van der Waals surface area contributed by atoms with Gasteiger partial charge < -0.3 is 9.22 Å². The van der Waals surface area contributed by atoms with E-state index in [1.807, 2.05) is 30.3 Å². The van der Waals surface area contributed by atoms with Crippen LogP contribution < -0.4 is 0 Å². The van der Waals surface area contributed by atoms with Gasteiger partial charge >= 0.3 is 5.97 Å². The van der Waals surface area contributed by atoms with Gasteiger partial charge in [-0.15, -0.1) is 0 Å². The second-order valence-corrected chi connectivity index (χ2v) is 6.81. The molecule has 0 aliphatic heterocycles. The molecule has 0 radical (unpaired) electrons. The minimum Gasteiger partial charge on any atom is -0.465 e. The molecule has 0 N–H and O–H groups in total. The van der Waals surface area contributed by atoms with Gasteiger partial charge in [0.2, 0.25) is 0 Å². The van der Waals surface area contributed by atoms with Crippen molar-refractivity contribution in [2.75, 3.05) is 32.8 Å². The zero-order valence-corrected chi connectivity index (χ0v) is 16.3. The highest BCUT2D eigenvalue weighted by Gasteiger charge is 2.27. The van der Waals surface area contributed by atoms with Crippen LogP contribution in [0.3, 0.4) is 0 Å². The molecule has 0 fully saturated rings. The Bertz CT molecular complexity index is 460. The van der Waals surface area contributed by atoms with Crippen LogP contribution in [-0.4, -0.2) is 43.2 Å². The third-order valence-corrected chi connectivity index (χ3v) is 5.66. The van der Waals surface area contributed by atoms with E-state index in [4.69, 9.17) is 4.74 Å². The third kappa shape index (κ3) is 5.62. The summed E-state index contributed by atoms with van der Waals surface area (Å²) in [6, 6.07) is 10.0. The number of carbonyl (C=O) groups is 1. The van der Waals surface area contributed by atoms with Gasteiger partial charge in [0, 0.05) is 6.42 Å². The summed E-state index contributed by atoms with van der Waals surface area (Å²) in [7, 11) is 0. The normalized spacial score (nSPS) is 14.2. The Labute approximate surface area is 148 Å². The van der Waals surface area contributed by atoms with Crippen molar-refractivity contribution in [3.8, 4) is 0 Å². The molecule has 0 spiro atoms. The molecule has 3 heteroatoms. The van der Waals surface area contributed by atoms with Crippen LogP contribution in [0.2, 0.25) is 0 Å². The van der Waals surface area contributed by atoms with E-state index in [0.29, 0.717) is 6.61 Å². The Morgan fingerprint density at radius 2 is 1.62 bits per heavy atom. The molecule has 0 saturated heterocycles. The van der Waals surface area contributed by atoms with Crippen LogP contribution in [0.1, 0.15) is 58.9 Å². The van der Waals surface area contributed by atoms with E-state index in [0.717, 1.165) is 49.1 Å². The Balaban J connectivity index is 2.61. The first-order valence-electron chi connectivity index (χ1n) is 9.60. The van der Waals surface area contributed by atoms with Crippen molar-refractivity contribution in [1.29, 1.82) is 0 Å². The summed E-state index contributed by atoms with van der Waals surface area (Å²) in [6.45, 7) is 16.0. The van der Waals surface area contributed by atoms with E-state index in [1.165, 1.54) is 0 Å². The first-order chi connectivity index (χ1) is 11.5. The molecule has 0 aliphatic carbocycles. The minimum atomic E-state index is -0.154. The molecule has 0 aromatic heterocycles. The molecule has 2 unspecified atom stereocenters. The Morgan fingerprint density at radius 1 is 1.04 bits per heavy atom. The van der Waals surface area contributed by atoms with Crippen molar-refractivity contribution in [2.45, 2.75) is 53.4 Å². The average molecular weight is 335 g/mol. The Hall–Kier alpha value is -1.35. The highest BCUT2D eigenvalue weighted by molar-refractivity contribution is 5.78. The molecule has 24 heavy (non-hydrogen) atoms. The second-order valence-electron chi connectivity index (χ2n) is 6.81.